The maximum atomic E-state index is 12.3. The Kier molecular flexibility index (Phi) is 7.95. The minimum absolute atomic E-state index is 0.188. The van der Waals surface area contributed by atoms with Crippen molar-refractivity contribution in [3.8, 4) is 5.82 Å². The number of carbonyl (C=O) groups excluding carboxylic acids is 1. The van der Waals surface area contributed by atoms with Gasteiger partial charge in [0.2, 0.25) is 0 Å². The first-order chi connectivity index (χ1) is 15.6. The molecule has 180 valence electrons. The van der Waals surface area contributed by atoms with Gasteiger partial charge in [0.15, 0.2) is 14.1 Å². The van der Waals surface area contributed by atoms with Crippen molar-refractivity contribution in [3.63, 3.8) is 0 Å². The SMILES string of the molecule is CCOC(=O)c1cnn(-c2cccc(C3=C(CO[Si](C)(C)C(C)(C)C)CCCC3)n2)c1CC. The van der Waals surface area contributed by atoms with Gasteiger partial charge in [-0.3, -0.25) is 0 Å². The molecule has 7 heteroatoms. The Balaban J connectivity index is 1.94. The number of nitrogens with zero attached hydrogens (tertiary/aromatic N) is 3. The third-order valence-corrected chi connectivity index (χ3v) is 11.4. The summed E-state index contributed by atoms with van der Waals surface area (Å²) in [5.41, 5.74) is 4.98. The molecule has 1 aliphatic carbocycles. The highest BCUT2D eigenvalue weighted by atomic mass is 28.4. The monoisotopic (exact) mass is 469 g/mol. The van der Waals surface area contributed by atoms with E-state index >= 15 is 0 Å². The summed E-state index contributed by atoms with van der Waals surface area (Å²) in [5, 5.41) is 4.67. The van der Waals surface area contributed by atoms with Gasteiger partial charge in [-0.15, -0.1) is 0 Å². The minimum Gasteiger partial charge on any atom is -0.462 e. The van der Waals surface area contributed by atoms with Crippen molar-refractivity contribution >= 4 is 19.9 Å². The summed E-state index contributed by atoms with van der Waals surface area (Å²) < 4.78 is 13.5. The van der Waals surface area contributed by atoms with Gasteiger partial charge in [-0.2, -0.15) is 5.10 Å². The molecule has 0 aliphatic heterocycles. The molecule has 0 atom stereocenters. The molecular weight excluding hydrogens is 430 g/mol. The van der Waals surface area contributed by atoms with Crippen molar-refractivity contribution in [2.75, 3.05) is 13.2 Å². The third kappa shape index (κ3) is 5.64. The van der Waals surface area contributed by atoms with Crippen LogP contribution in [-0.4, -0.2) is 42.3 Å². The topological polar surface area (TPSA) is 66.2 Å². The van der Waals surface area contributed by atoms with Crippen LogP contribution >= 0.6 is 0 Å². The van der Waals surface area contributed by atoms with E-state index in [4.69, 9.17) is 14.1 Å². The number of hydrogen-bond acceptors (Lipinski definition) is 5. The van der Waals surface area contributed by atoms with Crippen molar-refractivity contribution in [2.45, 2.75) is 84.9 Å². The van der Waals surface area contributed by atoms with E-state index in [1.807, 2.05) is 26.0 Å². The van der Waals surface area contributed by atoms with Crippen LogP contribution in [0.15, 0.2) is 30.0 Å². The van der Waals surface area contributed by atoms with Crippen LogP contribution in [0.3, 0.4) is 0 Å². The molecule has 1 aliphatic rings. The summed E-state index contributed by atoms with van der Waals surface area (Å²) in [4.78, 5) is 17.3. The lowest BCUT2D eigenvalue weighted by Gasteiger charge is -2.37. The zero-order chi connectivity index (χ0) is 24.2. The van der Waals surface area contributed by atoms with Crippen LogP contribution in [0, 0.1) is 0 Å². The molecule has 0 amide bonds. The predicted molar refractivity (Wildman–Crippen MR) is 135 cm³/mol. The number of ether oxygens (including phenoxy) is 1. The lowest BCUT2D eigenvalue weighted by atomic mass is 9.90. The number of pyridine rings is 1. The second-order valence-corrected chi connectivity index (χ2v) is 15.0. The average molecular weight is 470 g/mol. The first-order valence-corrected chi connectivity index (χ1v) is 15.1. The van der Waals surface area contributed by atoms with Crippen LogP contribution in [0.25, 0.3) is 11.4 Å². The van der Waals surface area contributed by atoms with Crippen molar-refractivity contribution in [1.29, 1.82) is 0 Å². The highest BCUT2D eigenvalue weighted by molar-refractivity contribution is 6.74. The summed E-state index contributed by atoms with van der Waals surface area (Å²) in [6.07, 6.45) is 6.68. The third-order valence-electron chi connectivity index (χ3n) is 6.96. The molecule has 0 saturated carbocycles. The van der Waals surface area contributed by atoms with Gasteiger partial charge in [0.1, 0.15) is 5.56 Å². The van der Waals surface area contributed by atoms with Crippen LogP contribution in [0.4, 0.5) is 0 Å². The maximum Gasteiger partial charge on any atom is 0.341 e. The van der Waals surface area contributed by atoms with Gasteiger partial charge >= 0.3 is 5.97 Å². The predicted octanol–water partition coefficient (Wildman–Crippen LogP) is 6.36. The minimum atomic E-state index is -1.82. The van der Waals surface area contributed by atoms with Crippen LogP contribution in [0.2, 0.25) is 18.1 Å². The fraction of sp³-hybridized carbons (Fsp3) is 0.577. The molecule has 6 nitrogen and oxygen atoms in total. The molecular formula is C26H39N3O3Si. The van der Waals surface area contributed by atoms with Crippen LogP contribution in [0.1, 0.15) is 82.0 Å². The summed E-state index contributed by atoms with van der Waals surface area (Å²) in [7, 11) is -1.82. The Morgan fingerprint density at radius 1 is 1.15 bits per heavy atom. The lowest BCUT2D eigenvalue weighted by Crippen LogP contribution is -2.41. The second kappa shape index (κ2) is 10.3. The van der Waals surface area contributed by atoms with Crippen LogP contribution in [0.5, 0.6) is 0 Å². The number of rotatable bonds is 8. The number of aromatic nitrogens is 3. The number of esters is 1. The maximum absolute atomic E-state index is 12.3. The second-order valence-electron chi connectivity index (χ2n) is 10.2. The summed E-state index contributed by atoms with van der Waals surface area (Å²) in [6, 6.07) is 6.05. The average Bonchev–Trinajstić information content (AvgIpc) is 3.22. The fourth-order valence-corrected chi connectivity index (χ4v) is 4.89. The molecule has 0 radical (unpaired) electrons. The van der Waals surface area contributed by atoms with Crippen molar-refractivity contribution < 1.29 is 14.0 Å². The molecule has 2 aromatic rings. The molecule has 2 heterocycles. The number of carbonyl (C=O) groups is 1. The van der Waals surface area contributed by atoms with Gasteiger partial charge in [-0.05, 0) is 80.4 Å². The number of allylic oxidation sites excluding steroid dienone is 1. The van der Waals surface area contributed by atoms with E-state index in [0.717, 1.165) is 30.0 Å². The Bertz CT molecular complexity index is 1020. The molecule has 0 N–H and O–H groups in total. The van der Waals surface area contributed by atoms with Gasteiger partial charge < -0.3 is 9.16 Å². The molecule has 2 aromatic heterocycles. The van der Waals surface area contributed by atoms with Gasteiger partial charge in [-0.25, -0.2) is 14.5 Å². The first kappa shape index (κ1) is 25.4. The van der Waals surface area contributed by atoms with Crippen molar-refractivity contribution in [3.05, 3.63) is 46.9 Å². The summed E-state index contributed by atoms with van der Waals surface area (Å²) >= 11 is 0. The van der Waals surface area contributed by atoms with E-state index in [2.05, 4.69) is 45.0 Å². The molecule has 0 bridgehead atoms. The van der Waals surface area contributed by atoms with Gasteiger partial charge in [-0.1, -0.05) is 33.8 Å². The molecule has 0 saturated heterocycles. The lowest BCUT2D eigenvalue weighted by molar-refractivity contribution is 0.0525. The van der Waals surface area contributed by atoms with Crippen molar-refractivity contribution in [1.82, 2.24) is 14.8 Å². The van der Waals surface area contributed by atoms with Crippen molar-refractivity contribution in [2.24, 2.45) is 0 Å². The first-order valence-electron chi connectivity index (χ1n) is 12.2. The fourth-order valence-electron chi connectivity index (χ4n) is 3.92. The van der Waals surface area contributed by atoms with E-state index in [-0.39, 0.29) is 11.0 Å². The number of hydrogen-bond donors (Lipinski definition) is 0. The van der Waals surface area contributed by atoms with Crippen LogP contribution < -0.4 is 0 Å². The molecule has 33 heavy (non-hydrogen) atoms. The Morgan fingerprint density at radius 2 is 1.88 bits per heavy atom. The van der Waals surface area contributed by atoms with Gasteiger partial charge in [0.25, 0.3) is 0 Å². The Hall–Kier alpha value is -2.25. The van der Waals surface area contributed by atoms with E-state index in [9.17, 15) is 4.79 Å². The Morgan fingerprint density at radius 3 is 2.55 bits per heavy atom. The summed E-state index contributed by atoms with van der Waals surface area (Å²) in [5.74, 6) is 0.388. The highest BCUT2D eigenvalue weighted by Gasteiger charge is 2.37. The van der Waals surface area contributed by atoms with E-state index in [0.29, 0.717) is 25.2 Å². The molecule has 3 rings (SSSR count). The quantitative estimate of drug-likeness (QED) is 0.333. The molecule has 0 unspecified atom stereocenters. The standard InChI is InChI=1S/C26H39N3O3Si/c1-8-23-21(25(30)31-9-2)17-27-29(23)24-16-12-15-22(28-24)20-14-11-10-13-19(20)18-32-33(6,7)26(3,4)5/h12,15-17H,8-11,13-14,18H2,1-7H3. The van der Waals surface area contributed by atoms with Crippen LogP contribution in [-0.2, 0) is 15.6 Å². The molecule has 0 aromatic carbocycles. The molecule has 0 fully saturated rings. The molecule has 0 spiro atoms. The van der Waals surface area contributed by atoms with E-state index in [1.54, 1.807) is 10.9 Å². The van der Waals surface area contributed by atoms with E-state index < -0.39 is 8.32 Å². The van der Waals surface area contributed by atoms with Gasteiger partial charge in [0.05, 0.1) is 30.8 Å². The smallest absolute Gasteiger partial charge is 0.341 e. The van der Waals surface area contributed by atoms with Gasteiger partial charge in [0, 0.05) is 0 Å². The highest BCUT2D eigenvalue weighted by Crippen LogP contribution is 2.38. The normalized spacial score (nSPS) is 15.1. The zero-order valence-electron chi connectivity index (χ0n) is 21.3. The Labute approximate surface area is 199 Å². The van der Waals surface area contributed by atoms with E-state index in [1.165, 1.54) is 24.0 Å². The zero-order valence-corrected chi connectivity index (χ0v) is 22.3. The largest absolute Gasteiger partial charge is 0.462 e. The summed E-state index contributed by atoms with van der Waals surface area (Å²) in [6.45, 7) is 16.3.